The van der Waals surface area contributed by atoms with Crippen molar-refractivity contribution in [2.24, 2.45) is 0 Å². The minimum atomic E-state index is 0.587. The summed E-state index contributed by atoms with van der Waals surface area (Å²) in [6, 6.07) is 0. The van der Waals surface area contributed by atoms with Crippen molar-refractivity contribution in [1.82, 2.24) is 0 Å². The second-order valence-electron chi connectivity index (χ2n) is 2.27. The van der Waals surface area contributed by atoms with E-state index in [-0.39, 0.29) is 0 Å². The Labute approximate surface area is 62.7 Å². The summed E-state index contributed by atoms with van der Waals surface area (Å²) in [5.41, 5.74) is 1.99. The van der Waals surface area contributed by atoms with Crippen LogP contribution in [0.2, 0.25) is 0 Å². The van der Waals surface area contributed by atoms with Crippen molar-refractivity contribution < 1.29 is 4.74 Å². The van der Waals surface area contributed by atoms with E-state index >= 15 is 0 Å². The second kappa shape index (κ2) is 5.00. The van der Waals surface area contributed by atoms with Crippen molar-refractivity contribution in [3.8, 4) is 0 Å². The van der Waals surface area contributed by atoms with E-state index in [1.54, 1.807) is 7.11 Å². The zero-order valence-corrected chi connectivity index (χ0v) is 6.68. The lowest BCUT2D eigenvalue weighted by molar-refractivity contribution is 0.228. The molecule has 0 atom stereocenters. The van der Waals surface area contributed by atoms with Crippen LogP contribution in [0.15, 0.2) is 36.5 Å². The summed E-state index contributed by atoms with van der Waals surface area (Å²) in [6.07, 6.45) is 3.83. The van der Waals surface area contributed by atoms with Gasteiger partial charge in [-0.25, -0.2) is 0 Å². The minimum Gasteiger partial charge on any atom is -0.380 e. The molecule has 0 aromatic rings. The monoisotopic (exact) mass is 138 g/mol. The molecule has 0 saturated carbocycles. The molecule has 0 bridgehead atoms. The van der Waals surface area contributed by atoms with Gasteiger partial charge < -0.3 is 4.74 Å². The van der Waals surface area contributed by atoms with Crippen LogP contribution >= 0.6 is 0 Å². The fraction of sp³-hybridized carbons (Fsp3) is 0.333. The number of hydrogen-bond acceptors (Lipinski definition) is 1. The first kappa shape index (κ1) is 9.18. The van der Waals surface area contributed by atoms with Crippen LogP contribution < -0.4 is 0 Å². The van der Waals surface area contributed by atoms with Crippen molar-refractivity contribution in [1.29, 1.82) is 0 Å². The quantitative estimate of drug-likeness (QED) is 0.542. The molecule has 1 nitrogen and oxygen atoms in total. The molecular formula is C9H14O. The number of rotatable bonds is 4. The lowest BCUT2D eigenvalue weighted by Crippen LogP contribution is -1.88. The maximum atomic E-state index is 4.86. The highest BCUT2D eigenvalue weighted by Gasteiger charge is 1.83. The number of ether oxygens (including phenoxy) is 1. The lowest BCUT2D eigenvalue weighted by atomic mass is 10.2. The molecule has 0 fully saturated rings. The molecule has 0 aromatic carbocycles. The van der Waals surface area contributed by atoms with Gasteiger partial charge in [0.1, 0.15) is 0 Å². The summed E-state index contributed by atoms with van der Waals surface area (Å²) in [5, 5.41) is 0. The Bertz CT molecular complexity index is 154. The largest absolute Gasteiger partial charge is 0.380 e. The fourth-order valence-corrected chi connectivity index (χ4v) is 0.494. The molecule has 1 heteroatoms. The molecule has 0 heterocycles. The molecule has 0 aliphatic heterocycles. The Balaban J connectivity index is 3.67. The average Bonchev–Trinajstić information content (AvgIpc) is 1.85. The molecule has 56 valence electrons. The van der Waals surface area contributed by atoms with Gasteiger partial charge in [-0.1, -0.05) is 30.9 Å². The summed E-state index contributed by atoms with van der Waals surface area (Å²) >= 11 is 0. The Kier molecular flexibility index (Phi) is 4.59. The lowest BCUT2D eigenvalue weighted by Gasteiger charge is -1.95. The maximum absolute atomic E-state index is 4.86. The van der Waals surface area contributed by atoms with Crippen molar-refractivity contribution in [3.05, 3.63) is 36.5 Å². The van der Waals surface area contributed by atoms with E-state index in [9.17, 15) is 0 Å². The van der Waals surface area contributed by atoms with E-state index in [4.69, 9.17) is 4.74 Å². The summed E-state index contributed by atoms with van der Waals surface area (Å²) in [4.78, 5) is 0. The van der Waals surface area contributed by atoms with Crippen molar-refractivity contribution in [2.45, 2.75) is 6.92 Å². The third-order valence-electron chi connectivity index (χ3n) is 0.933. The maximum Gasteiger partial charge on any atom is 0.0707 e. The highest BCUT2D eigenvalue weighted by atomic mass is 16.5. The first-order chi connectivity index (χ1) is 4.66. The molecule has 0 amide bonds. The zero-order chi connectivity index (χ0) is 7.98. The van der Waals surface area contributed by atoms with Gasteiger partial charge in [0.25, 0.3) is 0 Å². The fourth-order valence-electron chi connectivity index (χ4n) is 0.494. The Morgan fingerprint density at radius 3 is 2.40 bits per heavy atom. The van der Waals surface area contributed by atoms with E-state index in [2.05, 4.69) is 13.2 Å². The van der Waals surface area contributed by atoms with E-state index in [1.165, 1.54) is 0 Å². The first-order valence-electron chi connectivity index (χ1n) is 3.17. The summed E-state index contributed by atoms with van der Waals surface area (Å²) in [6.45, 7) is 10.0. The highest BCUT2D eigenvalue weighted by molar-refractivity contribution is 5.22. The predicted molar refractivity (Wildman–Crippen MR) is 45.0 cm³/mol. The Morgan fingerprint density at radius 2 is 2.00 bits per heavy atom. The normalized spacial score (nSPS) is 10.2. The molecule has 0 aliphatic rings. The molecular weight excluding hydrogens is 124 g/mol. The van der Waals surface area contributed by atoms with Gasteiger partial charge in [-0.3, -0.25) is 0 Å². The third-order valence-corrected chi connectivity index (χ3v) is 0.933. The summed E-state index contributed by atoms with van der Waals surface area (Å²) < 4.78 is 4.86. The number of hydrogen-bond donors (Lipinski definition) is 0. The van der Waals surface area contributed by atoms with Gasteiger partial charge in [0.05, 0.1) is 6.61 Å². The van der Waals surface area contributed by atoms with Crippen LogP contribution in [0, 0.1) is 0 Å². The van der Waals surface area contributed by atoms with E-state index < -0.39 is 0 Å². The van der Waals surface area contributed by atoms with Crippen molar-refractivity contribution >= 4 is 0 Å². The van der Waals surface area contributed by atoms with E-state index in [1.807, 2.05) is 19.1 Å². The molecule has 0 radical (unpaired) electrons. The molecule has 0 aliphatic carbocycles. The Hall–Kier alpha value is -0.820. The van der Waals surface area contributed by atoms with Gasteiger partial charge >= 0.3 is 0 Å². The molecule has 0 saturated heterocycles. The highest BCUT2D eigenvalue weighted by Crippen LogP contribution is 1.96. The van der Waals surface area contributed by atoms with Gasteiger partial charge in [-0.05, 0) is 12.5 Å². The van der Waals surface area contributed by atoms with Gasteiger partial charge in [-0.2, -0.15) is 0 Å². The standard InChI is InChI=1S/C9H14O/c1-8(2)5-6-9(3)7-10-4/h5-6H,1,3,7H2,2,4H3/b6-5-. The second-order valence-corrected chi connectivity index (χ2v) is 2.27. The van der Waals surface area contributed by atoms with E-state index in [0.717, 1.165) is 11.1 Å². The van der Waals surface area contributed by atoms with Crippen LogP contribution in [0.3, 0.4) is 0 Å². The van der Waals surface area contributed by atoms with Crippen molar-refractivity contribution in [2.75, 3.05) is 13.7 Å². The van der Waals surface area contributed by atoms with Crippen LogP contribution in [-0.4, -0.2) is 13.7 Å². The zero-order valence-electron chi connectivity index (χ0n) is 6.68. The van der Waals surface area contributed by atoms with Crippen LogP contribution in [0.5, 0.6) is 0 Å². The molecule has 0 unspecified atom stereocenters. The van der Waals surface area contributed by atoms with E-state index in [0.29, 0.717) is 6.61 Å². The van der Waals surface area contributed by atoms with Crippen LogP contribution in [-0.2, 0) is 4.74 Å². The third kappa shape index (κ3) is 5.32. The SMILES string of the molecule is C=C(C)/C=C\C(=C)COC. The van der Waals surface area contributed by atoms with Gasteiger partial charge in [0.15, 0.2) is 0 Å². The van der Waals surface area contributed by atoms with Crippen LogP contribution in [0.4, 0.5) is 0 Å². The van der Waals surface area contributed by atoms with Crippen LogP contribution in [0.25, 0.3) is 0 Å². The van der Waals surface area contributed by atoms with Gasteiger partial charge in [0.2, 0.25) is 0 Å². The summed E-state index contributed by atoms with van der Waals surface area (Å²) in [5.74, 6) is 0. The predicted octanol–water partition coefficient (Wildman–Crippen LogP) is 2.32. The molecule has 0 aromatic heterocycles. The molecule has 0 spiro atoms. The van der Waals surface area contributed by atoms with Gasteiger partial charge in [0, 0.05) is 7.11 Å². The summed E-state index contributed by atoms with van der Waals surface area (Å²) in [7, 11) is 1.65. The molecule has 0 rings (SSSR count). The van der Waals surface area contributed by atoms with Crippen molar-refractivity contribution in [3.63, 3.8) is 0 Å². The number of methoxy groups -OCH3 is 1. The number of allylic oxidation sites excluding steroid dienone is 2. The molecule has 10 heavy (non-hydrogen) atoms. The van der Waals surface area contributed by atoms with Crippen LogP contribution in [0.1, 0.15) is 6.92 Å². The smallest absolute Gasteiger partial charge is 0.0707 e. The topological polar surface area (TPSA) is 9.23 Å². The average molecular weight is 138 g/mol. The Morgan fingerprint density at radius 1 is 1.40 bits per heavy atom. The first-order valence-corrected chi connectivity index (χ1v) is 3.17. The minimum absolute atomic E-state index is 0.587. The van der Waals surface area contributed by atoms with Gasteiger partial charge in [-0.15, -0.1) is 0 Å². The molecule has 0 N–H and O–H groups in total.